The molecule has 6 aliphatic heterocycles. The summed E-state index contributed by atoms with van der Waals surface area (Å²) in [6.45, 7) is 7.40. The number of amides is 4. The Balaban J connectivity index is 0.00000229. The van der Waals surface area contributed by atoms with Gasteiger partial charge in [0.05, 0.1) is 48.0 Å². The Bertz CT molecular complexity index is 2920. The number of nitrogens with one attached hydrogen (secondary N) is 2. The average Bonchev–Trinajstić information content (AvgIpc) is 4.24. The molecule has 4 aromatic rings. The number of rotatable bonds is 12. The minimum absolute atomic E-state index is 0. The molecule has 10 rings (SSSR count). The number of thiophene rings is 1. The number of likely N-dealkylation sites (tertiary alicyclic amines) is 2. The first-order valence-electron chi connectivity index (χ1n) is 24.6. The highest BCUT2D eigenvalue weighted by molar-refractivity contribution is 7.59. The number of carbonyl (C=O) groups is 4. The van der Waals surface area contributed by atoms with Crippen molar-refractivity contribution in [3.8, 4) is 17.0 Å². The summed E-state index contributed by atoms with van der Waals surface area (Å²) in [4.78, 5) is 67.3. The van der Waals surface area contributed by atoms with Gasteiger partial charge in [-0.1, -0.05) is 19.9 Å². The number of alkyl carbamates (subject to hydrolysis) is 2. The Labute approximate surface area is 467 Å². The van der Waals surface area contributed by atoms with Crippen LogP contribution in [-0.2, 0) is 23.8 Å². The molecule has 75 heavy (non-hydrogen) atoms. The third kappa shape index (κ3) is 11.7. The fourth-order valence-corrected chi connectivity index (χ4v) is 12.1. The third-order valence-electron chi connectivity index (χ3n) is 14.9. The number of ether oxygens (including phenoxy) is 4. The molecule has 2 aromatic heterocycles. The van der Waals surface area contributed by atoms with E-state index in [1.165, 1.54) is 38.5 Å². The van der Waals surface area contributed by atoms with E-state index in [-0.39, 0.29) is 89.7 Å². The minimum Gasteiger partial charge on any atom is -0.464 e. The van der Waals surface area contributed by atoms with E-state index in [1.807, 2.05) is 59.8 Å². The number of nitrogens with zero attached hydrogens (tertiary/aromatic N) is 5. The monoisotopic (exact) mass is 1130 g/mol. The molecule has 2 unspecified atom stereocenters. The molecule has 0 aliphatic carbocycles. The maximum Gasteiger partial charge on any atom is 0.407 e. The number of hydrogen-bond acceptors (Lipinski definition) is 11. The molecular formula is C53H67F2N7O8S5. The summed E-state index contributed by atoms with van der Waals surface area (Å²) in [5, 5.41) is 6.38. The van der Waals surface area contributed by atoms with Crippen LogP contribution in [0.5, 0.6) is 5.75 Å². The quantitative estimate of drug-likeness (QED) is 0.142. The fraction of sp³-hybridized carbons (Fsp3) is 0.472. The van der Waals surface area contributed by atoms with Crippen molar-refractivity contribution in [2.75, 3.05) is 40.5 Å². The van der Waals surface area contributed by atoms with Gasteiger partial charge in [0, 0.05) is 73.2 Å². The zero-order valence-electron chi connectivity index (χ0n) is 42.5. The molecule has 406 valence electrons. The molecular weight excluding hydrogens is 1060 g/mol. The van der Waals surface area contributed by atoms with Crippen LogP contribution >= 0.6 is 65.3 Å². The Morgan fingerprint density at radius 1 is 0.760 bits per heavy atom. The standard InChI is InChI=1S/C53H59F2N7O8S.4H2S/c1-28(2)47(58-52(65)67-4)49(63)60-16-6-8-40(60)38-23-35(27-57-38)32-21-36(55)46-42-24-33-20-31(10-11-39(33)62(42)51(70-43(46)25-32)45-13-12-44(71-45)29(3)54)34-22-37(56-26-34)41-9-7-17-61(41)50(64)48(59-53(66)68-5)30-14-18-69-19-15-30;;;;/h10-13,20-21,24-30,40-41,47-48,51H,6-9,14-19,22-23H2,1-5H3,(H,58,65)(H,59,66);4*1H2/t29?,40-,41-,47-,48-,51?;;;;/m0..../s1. The lowest BCUT2D eigenvalue weighted by Crippen LogP contribution is -2.55. The molecule has 2 N–H and O–H groups in total. The zero-order valence-corrected chi connectivity index (χ0v) is 47.4. The van der Waals surface area contributed by atoms with Gasteiger partial charge in [-0.2, -0.15) is 54.0 Å². The number of carbonyl (C=O) groups excluding carboxylic acids is 4. The molecule has 0 radical (unpaired) electrons. The van der Waals surface area contributed by atoms with Crippen LogP contribution in [0.4, 0.5) is 18.4 Å². The van der Waals surface area contributed by atoms with E-state index in [2.05, 4.69) is 16.7 Å². The Morgan fingerprint density at radius 3 is 1.97 bits per heavy atom. The van der Waals surface area contributed by atoms with E-state index in [9.17, 15) is 23.6 Å². The van der Waals surface area contributed by atoms with Gasteiger partial charge in [0.25, 0.3) is 0 Å². The molecule has 3 saturated heterocycles. The Morgan fingerprint density at radius 2 is 1.37 bits per heavy atom. The summed E-state index contributed by atoms with van der Waals surface area (Å²) in [5.41, 5.74) is 6.71. The van der Waals surface area contributed by atoms with E-state index < -0.39 is 42.5 Å². The van der Waals surface area contributed by atoms with E-state index in [0.29, 0.717) is 85.9 Å². The number of benzene rings is 2. The molecule has 22 heteroatoms. The third-order valence-corrected chi connectivity index (χ3v) is 16.1. The summed E-state index contributed by atoms with van der Waals surface area (Å²) in [7, 11) is 2.56. The van der Waals surface area contributed by atoms with Gasteiger partial charge in [-0.05, 0) is 122 Å². The van der Waals surface area contributed by atoms with E-state index in [4.69, 9.17) is 28.9 Å². The van der Waals surface area contributed by atoms with Crippen LogP contribution in [0.1, 0.15) is 105 Å². The second-order valence-electron chi connectivity index (χ2n) is 19.5. The highest BCUT2D eigenvalue weighted by atomic mass is 32.1. The van der Waals surface area contributed by atoms with Crippen LogP contribution in [0.25, 0.3) is 33.3 Å². The lowest BCUT2D eigenvalue weighted by atomic mass is 9.90. The first-order chi connectivity index (χ1) is 34.3. The predicted molar refractivity (Wildman–Crippen MR) is 308 cm³/mol. The van der Waals surface area contributed by atoms with Crippen LogP contribution in [-0.4, -0.2) is 114 Å². The summed E-state index contributed by atoms with van der Waals surface area (Å²) in [6.07, 6.45) is 5.71. The van der Waals surface area contributed by atoms with Gasteiger partial charge in [0.1, 0.15) is 29.8 Å². The highest BCUT2D eigenvalue weighted by Crippen LogP contribution is 2.49. The van der Waals surface area contributed by atoms with E-state index in [0.717, 1.165) is 63.2 Å². The minimum atomic E-state index is -1.18. The number of alkyl halides is 1. The predicted octanol–water partition coefficient (Wildman–Crippen LogP) is 9.81. The second kappa shape index (κ2) is 25.0. The van der Waals surface area contributed by atoms with Crippen LogP contribution in [0, 0.1) is 17.7 Å². The van der Waals surface area contributed by atoms with Gasteiger partial charge < -0.3 is 39.4 Å². The van der Waals surface area contributed by atoms with Crippen molar-refractivity contribution in [2.45, 2.75) is 109 Å². The first kappa shape index (κ1) is 59.2. The Kier molecular flexibility index (Phi) is 19.7. The van der Waals surface area contributed by atoms with Crippen LogP contribution in [0.2, 0.25) is 0 Å². The number of hydrogen-bond donors (Lipinski definition) is 2. The van der Waals surface area contributed by atoms with Crippen molar-refractivity contribution < 1.29 is 46.9 Å². The Hall–Kier alpha value is -5.00. The molecule has 2 aromatic carbocycles. The van der Waals surface area contributed by atoms with E-state index >= 15 is 4.39 Å². The summed E-state index contributed by atoms with van der Waals surface area (Å²) >= 11 is 1.32. The SMILES string of the molecule is COC(=O)N[C@H](C(=O)N1CCC[C@H]1C1=NC=C(c2cc(F)c3c(c2)OC(c2ccc(C(C)F)s2)n2c-3cc3cc(C4=CN=C([C@@H]5CCCN5C(=O)[C@@H](NC(=O)OC)C5CCOCC5)C4)ccc32)C1)C(C)C.S.S.S.S. The number of aliphatic imine (C=N–C) groups is 2. The van der Waals surface area contributed by atoms with Gasteiger partial charge in [-0.3, -0.25) is 24.1 Å². The number of methoxy groups -OCH3 is 2. The summed E-state index contributed by atoms with van der Waals surface area (Å²) < 4.78 is 55.7. The van der Waals surface area contributed by atoms with Crippen molar-refractivity contribution in [1.29, 1.82) is 0 Å². The largest absolute Gasteiger partial charge is 0.464 e. The zero-order chi connectivity index (χ0) is 49.7. The van der Waals surface area contributed by atoms with Crippen molar-refractivity contribution in [2.24, 2.45) is 21.8 Å². The molecule has 3 fully saturated rings. The molecule has 6 aliphatic rings. The van der Waals surface area contributed by atoms with Crippen LogP contribution in [0.15, 0.2) is 70.9 Å². The first-order valence-corrected chi connectivity index (χ1v) is 25.4. The second-order valence-corrected chi connectivity index (χ2v) is 20.7. The molecule has 15 nitrogen and oxygen atoms in total. The number of halogens is 2. The topological polar surface area (TPSA) is 165 Å². The molecule has 0 saturated carbocycles. The number of fused-ring (bicyclic) bond motifs is 5. The summed E-state index contributed by atoms with van der Waals surface area (Å²) in [6, 6.07) is 13.1. The molecule has 4 amide bonds. The number of aromatic nitrogens is 1. The van der Waals surface area contributed by atoms with Gasteiger partial charge in [-0.25, -0.2) is 18.4 Å². The normalized spacial score (nSPS) is 21.0. The molecule has 8 heterocycles. The molecule has 0 spiro atoms. The van der Waals surface area contributed by atoms with Gasteiger partial charge in [0.2, 0.25) is 18.0 Å². The van der Waals surface area contributed by atoms with Crippen molar-refractivity contribution in [1.82, 2.24) is 25.0 Å². The smallest absolute Gasteiger partial charge is 0.407 e. The lowest BCUT2D eigenvalue weighted by molar-refractivity contribution is -0.135. The van der Waals surface area contributed by atoms with Gasteiger partial charge >= 0.3 is 12.2 Å². The van der Waals surface area contributed by atoms with Crippen molar-refractivity contribution in [3.05, 3.63) is 87.6 Å². The van der Waals surface area contributed by atoms with Crippen LogP contribution in [0.3, 0.4) is 0 Å². The molecule has 6 atom stereocenters. The summed E-state index contributed by atoms with van der Waals surface area (Å²) in [5.74, 6) is -0.698. The van der Waals surface area contributed by atoms with Crippen molar-refractivity contribution >= 4 is 123 Å². The molecule has 0 bridgehead atoms. The fourth-order valence-electron chi connectivity index (χ4n) is 11.1. The highest BCUT2D eigenvalue weighted by Gasteiger charge is 2.42. The van der Waals surface area contributed by atoms with E-state index in [1.54, 1.807) is 17.2 Å². The van der Waals surface area contributed by atoms with Crippen molar-refractivity contribution in [3.63, 3.8) is 0 Å². The van der Waals surface area contributed by atoms with Crippen LogP contribution < -0.4 is 15.4 Å². The van der Waals surface area contributed by atoms with Gasteiger partial charge in [-0.15, -0.1) is 11.3 Å². The lowest BCUT2D eigenvalue weighted by Gasteiger charge is -2.34. The average molecular weight is 1130 g/mol. The maximum absolute atomic E-state index is 16.9. The number of allylic oxidation sites excluding steroid dienone is 2. The maximum atomic E-state index is 16.9. The van der Waals surface area contributed by atoms with Gasteiger partial charge in [0.15, 0.2) is 0 Å².